The van der Waals surface area contributed by atoms with Crippen LogP contribution in [0.15, 0.2) is 24.3 Å². The van der Waals surface area contributed by atoms with E-state index in [1.165, 1.54) is 0 Å². The molecule has 0 radical (unpaired) electrons. The number of benzene rings is 1. The molecule has 4 nitrogen and oxygen atoms in total. The normalized spacial score (nSPS) is 10.3. The van der Waals surface area contributed by atoms with Crippen LogP contribution in [0.2, 0.25) is 5.02 Å². The molecule has 0 aliphatic carbocycles. The van der Waals surface area contributed by atoms with Crippen molar-refractivity contribution in [3.8, 4) is 0 Å². The quantitative estimate of drug-likeness (QED) is 0.937. The fraction of sp³-hybridized carbons (Fsp3) is 0.250. The van der Waals surface area contributed by atoms with Crippen LogP contribution in [0.1, 0.15) is 20.9 Å². The molecule has 1 aromatic heterocycles. The van der Waals surface area contributed by atoms with Gasteiger partial charge >= 0.3 is 0 Å². The number of aryl methyl sites for hydroxylation is 1. The molecule has 1 N–H and O–H groups in total. The van der Waals surface area contributed by atoms with Crippen LogP contribution in [0, 0.1) is 6.92 Å². The maximum absolute atomic E-state index is 11.8. The van der Waals surface area contributed by atoms with Gasteiger partial charge in [-0.25, -0.2) is 0 Å². The van der Waals surface area contributed by atoms with Gasteiger partial charge in [-0.15, -0.1) is 5.10 Å². The second kappa shape index (κ2) is 5.93. The van der Waals surface area contributed by atoms with Crippen molar-refractivity contribution in [1.29, 1.82) is 0 Å². The minimum absolute atomic E-state index is 0.114. The van der Waals surface area contributed by atoms with E-state index in [1.807, 2.05) is 24.3 Å². The smallest absolute Gasteiger partial charge is 0.264 e. The number of aromatic nitrogens is 2. The molecular weight excluding hydrogens is 270 g/mol. The molecule has 1 heterocycles. The van der Waals surface area contributed by atoms with Crippen molar-refractivity contribution in [3.05, 3.63) is 45.4 Å². The topological polar surface area (TPSA) is 54.9 Å². The van der Waals surface area contributed by atoms with Crippen LogP contribution in [-0.2, 0) is 6.42 Å². The fourth-order valence-electron chi connectivity index (χ4n) is 1.49. The summed E-state index contributed by atoms with van der Waals surface area (Å²) < 4.78 is 3.73. The van der Waals surface area contributed by atoms with E-state index in [0.717, 1.165) is 23.5 Å². The standard InChI is InChI=1S/C12H12ClN3OS/c1-8-11(18-16-15-8)12(17)14-7-6-9-2-4-10(13)5-3-9/h2-5H,6-7H2,1H3,(H,14,17). The molecule has 0 saturated carbocycles. The molecule has 0 saturated heterocycles. The molecule has 0 atom stereocenters. The van der Waals surface area contributed by atoms with Crippen LogP contribution in [0.3, 0.4) is 0 Å². The molecule has 2 aromatic rings. The van der Waals surface area contributed by atoms with Gasteiger partial charge in [0.2, 0.25) is 0 Å². The molecule has 0 bridgehead atoms. The maximum atomic E-state index is 11.8. The molecule has 18 heavy (non-hydrogen) atoms. The number of rotatable bonds is 4. The van der Waals surface area contributed by atoms with Crippen molar-refractivity contribution in [2.75, 3.05) is 6.54 Å². The first-order valence-corrected chi connectivity index (χ1v) is 6.63. The van der Waals surface area contributed by atoms with E-state index in [9.17, 15) is 4.79 Å². The van der Waals surface area contributed by atoms with Gasteiger partial charge in [0.05, 0.1) is 5.69 Å². The second-order valence-corrected chi connectivity index (χ2v) is 5.01. The summed E-state index contributed by atoms with van der Waals surface area (Å²) in [4.78, 5) is 12.3. The third-order valence-corrected chi connectivity index (χ3v) is 3.55. The van der Waals surface area contributed by atoms with Crippen LogP contribution in [0.5, 0.6) is 0 Å². The maximum Gasteiger partial charge on any atom is 0.264 e. The number of amides is 1. The summed E-state index contributed by atoms with van der Waals surface area (Å²) >= 11 is 6.91. The molecule has 1 amide bonds. The summed E-state index contributed by atoms with van der Waals surface area (Å²) in [6.07, 6.45) is 0.772. The zero-order chi connectivity index (χ0) is 13.0. The molecule has 0 aliphatic heterocycles. The van der Waals surface area contributed by atoms with Gasteiger partial charge in [-0.1, -0.05) is 28.2 Å². The Kier molecular flexibility index (Phi) is 4.28. The Morgan fingerprint density at radius 1 is 1.39 bits per heavy atom. The number of nitrogens with one attached hydrogen (secondary N) is 1. The van der Waals surface area contributed by atoms with Gasteiger partial charge < -0.3 is 5.32 Å². The van der Waals surface area contributed by atoms with Gasteiger partial charge in [0.1, 0.15) is 4.88 Å². The summed E-state index contributed by atoms with van der Waals surface area (Å²) in [5.41, 5.74) is 1.81. The van der Waals surface area contributed by atoms with Gasteiger partial charge in [0.25, 0.3) is 5.91 Å². The highest BCUT2D eigenvalue weighted by Gasteiger charge is 2.11. The Bertz CT molecular complexity index is 539. The first-order chi connectivity index (χ1) is 8.66. The first kappa shape index (κ1) is 13.0. The molecule has 94 valence electrons. The van der Waals surface area contributed by atoms with E-state index in [4.69, 9.17) is 11.6 Å². The Balaban J connectivity index is 1.84. The van der Waals surface area contributed by atoms with Gasteiger partial charge in [0, 0.05) is 11.6 Å². The molecule has 1 aromatic carbocycles. The second-order valence-electron chi connectivity index (χ2n) is 3.82. The highest BCUT2D eigenvalue weighted by atomic mass is 35.5. The van der Waals surface area contributed by atoms with Crippen molar-refractivity contribution in [2.45, 2.75) is 13.3 Å². The lowest BCUT2D eigenvalue weighted by Gasteiger charge is -2.04. The number of nitrogens with zero attached hydrogens (tertiary/aromatic N) is 2. The molecule has 0 spiro atoms. The van der Waals surface area contributed by atoms with Crippen LogP contribution >= 0.6 is 23.1 Å². The summed E-state index contributed by atoms with van der Waals surface area (Å²) in [5, 5.41) is 7.37. The Hall–Kier alpha value is -1.46. The van der Waals surface area contributed by atoms with Crippen LogP contribution in [-0.4, -0.2) is 22.0 Å². The largest absolute Gasteiger partial charge is 0.351 e. The lowest BCUT2D eigenvalue weighted by atomic mass is 10.1. The third kappa shape index (κ3) is 3.27. The molecule has 2 rings (SSSR count). The predicted molar refractivity (Wildman–Crippen MR) is 72.1 cm³/mol. The van der Waals surface area contributed by atoms with Gasteiger partial charge in [-0.05, 0) is 42.6 Å². The van der Waals surface area contributed by atoms with Crippen LogP contribution in [0.4, 0.5) is 0 Å². The van der Waals surface area contributed by atoms with Gasteiger partial charge in [0.15, 0.2) is 0 Å². The minimum atomic E-state index is -0.114. The molecule has 0 fully saturated rings. The van der Waals surface area contributed by atoms with Crippen molar-refractivity contribution >= 4 is 29.0 Å². The predicted octanol–water partition coefficient (Wildman–Crippen LogP) is 2.47. The number of hydrogen-bond acceptors (Lipinski definition) is 4. The average molecular weight is 282 g/mol. The van der Waals surface area contributed by atoms with E-state index in [1.54, 1.807) is 6.92 Å². The lowest BCUT2D eigenvalue weighted by molar-refractivity contribution is 0.0957. The van der Waals surface area contributed by atoms with Crippen LogP contribution in [0.25, 0.3) is 0 Å². The Morgan fingerprint density at radius 2 is 2.11 bits per heavy atom. The number of carbonyl (C=O) groups excluding carboxylic acids is 1. The minimum Gasteiger partial charge on any atom is -0.351 e. The highest BCUT2D eigenvalue weighted by molar-refractivity contribution is 7.07. The van der Waals surface area contributed by atoms with Crippen molar-refractivity contribution in [1.82, 2.24) is 14.9 Å². The summed E-state index contributed by atoms with van der Waals surface area (Å²) in [6.45, 7) is 2.36. The third-order valence-electron chi connectivity index (χ3n) is 2.47. The monoisotopic (exact) mass is 281 g/mol. The lowest BCUT2D eigenvalue weighted by Crippen LogP contribution is -2.25. The molecule has 0 unspecified atom stereocenters. The van der Waals surface area contributed by atoms with Crippen molar-refractivity contribution in [2.24, 2.45) is 0 Å². The Labute approximate surface area is 114 Å². The summed E-state index contributed by atoms with van der Waals surface area (Å²) in [5.74, 6) is -0.114. The number of hydrogen-bond donors (Lipinski definition) is 1. The van der Waals surface area contributed by atoms with E-state index < -0.39 is 0 Å². The number of halogens is 1. The van der Waals surface area contributed by atoms with Crippen LogP contribution < -0.4 is 5.32 Å². The molecular formula is C12H12ClN3OS. The van der Waals surface area contributed by atoms with E-state index >= 15 is 0 Å². The molecule has 0 aliphatic rings. The van der Waals surface area contributed by atoms with Crippen molar-refractivity contribution < 1.29 is 4.79 Å². The van der Waals surface area contributed by atoms with E-state index in [-0.39, 0.29) is 5.91 Å². The summed E-state index contributed by atoms with van der Waals surface area (Å²) in [7, 11) is 0. The average Bonchev–Trinajstić information content (AvgIpc) is 2.78. The first-order valence-electron chi connectivity index (χ1n) is 5.48. The zero-order valence-electron chi connectivity index (χ0n) is 9.81. The van der Waals surface area contributed by atoms with E-state index in [0.29, 0.717) is 22.1 Å². The van der Waals surface area contributed by atoms with E-state index in [2.05, 4.69) is 14.9 Å². The zero-order valence-corrected chi connectivity index (χ0v) is 11.4. The molecule has 6 heteroatoms. The number of carbonyl (C=O) groups is 1. The van der Waals surface area contributed by atoms with Gasteiger partial charge in [-0.3, -0.25) is 4.79 Å². The van der Waals surface area contributed by atoms with Crippen molar-refractivity contribution in [3.63, 3.8) is 0 Å². The summed E-state index contributed by atoms with van der Waals surface area (Å²) in [6, 6.07) is 7.59. The SMILES string of the molecule is Cc1nnsc1C(=O)NCCc1ccc(Cl)cc1. The fourth-order valence-corrected chi connectivity index (χ4v) is 2.19. The van der Waals surface area contributed by atoms with Gasteiger partial charge in [-0.2, -0.15) is 0 Å². The Morgan fingerprint density at radius 3 is 2.72 bits per heavy atom. The highest BCUT2D eigenvalue weighted by Crippen LogP contribution is 2.10.